The van der Waals surface area contributed by atoms with Crippen molar-refractivity contribution in [3.8, 4) is 0 Å². The molecule has 11 heteroatoms. The van der Waals surface area contributed by atoms with Crippen LogP contribution < -0.4 is 14.5 Å². The predicted molar refractivity (Wildman–Crippen MR) is 122 cm³/mol. The fraction of sp³-hybridized carbons (Fsp3) is 0.238. The maximum atomic E-state index is 13.0. The van der Waals surface area contributed by atoms with Crippen LogP contribution in [0, 0.1) is 0 Å². The predicted octanol–water partition coefficient (Wildman–Crippen LogP) is 1.89. The monoisotopic (exact) mass is 450 g/mol. The molecule has 1 aromatic carbocycles. The van der Waals surface area contributed by atoms with Gasteiger partial charge in [0.05, 0.1) is 17.2 Å². The number of aromatic nitrogens is 5. The van der Waals surface area contributed by atoms with Crippen LogP contribution in [0.15, 0.2) is 66.0 Å². The Labute approximate surface area is 185 Å². The Morgan fingerprint density at radius 2 is 1.59 bits per heavy atom. The van der Waals surface area contributed by atoms with Gasteiger partial charge in [-0.15, -0.1) is 0 Å². The molecule has 0 atom stereocenters. The first-order chi connectivity index (χ1) is 15.5. The highest BCUT2D eigenvalue weighted by atomic mass is 32.2. The Kier molecular flexibility index (Phi) is 5.10. The van der Waals surface area contributed by atoms with E-state index >= 15 is 0 Å². The van der Waals surface area contributed by atoms with E-state index in [0.29, 0.717) is 29.9 Å². The van der Waals surface area contributed by atoms with Crippen LogP contribution in [0.5, 0.6) is 0 Å². The summed E-state index contributed by atoms with van der Waals surface area (Å²) in [6.07, 6.45) is 4.53. The molecule has 0 bridgehead atoms. The van der Waals surface area contributed by atoms with Gasteiger partial charge in [-0.25, -0.2) is 23.4 Å². The third kappa shape index (κ3) is 3.94. The zero-order chi connectivity index (χ0) is 22.1. The zero-order valence-electron chi connectivity index (χ0n) is 17.5. The molecule has 32 heavy (non-hydrogen) atoms. The molecule has 1 aliphatic heterocycles. The number of para-hydroxylation sites is 2. The molecule has 10 nitrogen and oxygen atoms in total. The average Bonchev–Trinajstić information content (AvgIpc) is 3.26. The van der Waals surface area contributed by atoms with Crippen LogP contribution in [0.1, 0.15) is 0 Å². The van der Waals surface area contributed by atoms with Crippen LogP contribution in [0.25, 0.3) is 11.0 Å². The van der Waals surface area contributed by atoms with Gasteiger partial charge in [0.15, 0.2) is 11.6 Å². The molecule has 0 saturated carbocycles. The fourth-order valence-corrected chi connectivity index (χ4v) is 4.68. The van der Waals surface area contributed by atoms with Crippen molar-refractivity contribution in [2.24, 2.45) is 7.05 Å². The Hall–Kier alpha value is -3.73. The van der Waals surface area contributed by atoms with E-state index in [9.17, 15) is 8.42 Å². The van der Waals surface area contributed by atoms with Crippen molar-refractivity contribution < 1.29 is 8.42 Å². The third-order valence-corrected chi connectivity index (χ3v) is 6.62. The quantitative estimate of drug-likeness (QED) is 0.491. The summed E-state index contributed by atoms with van der Waals surface area (Å²) in [4.78, 5) is 18.1. The molecule has 4 heterocycles. The number of fused-ring (bicyclic) bond motifs is 1. The van der Waals surface area contributed by atoms with Crippen LogP contribution in [0.2, 0.25) is 0 Å². The van der Waals surface area contributed by atoms with E-state index in [-0.39, 0.29) is 10.7 Å². The Morgan fingerprint density at radius 3 is 2.25 bits per heavy atom. The second kappa shape index (κ2) is 8.08. The van der Waals surface area contributed by atoms with E-state index in [2.05, 4.69) is 29.6 Å². The molecule has 0 spiro atoms. The lowest BCUT2D eigenvalue weighted by atomic mass is 10.2. The van der Waals surface area contributed by atoms with E-state index in [1.165, 1.54) is 17.1 Å². The van der Waals surface area contributed by atoms with Crippen LogP contribution in [-0.4, -0.2) is 59.3 Å². The maximum Gasteiger partial charge on any atom is 0.266 e. The van der Waals surface area contributed by atoms with Crippen molar-refractivity contribution in [1.82, 2.24) is 24.7 Å². The summed E-state index contributed by atoms with van der Waals surface area (Å²) in [7, 11) is -2.19. The SMILES string of the molecule is Cn1cc(S(=O)(=O)Nc2nc3ccccc3nc2N2CCN(c3ccccn3)CC2)cn1. The van der Waals surface area contributed by atoms with Gasteiger partial charge in [-0.1, -0.05) is 18.2 Å². The number of rotatable bonds is 5. The van der Waals surface area contributed by atoms with Gasteiger partial charge < -0.3 is 9.80 Å². The molecule has 1 aliphatic rings. The smallest absolute Gasteiger partial charge is 0.266 e. The molecule has 3 aromatic heterocycles. The van der Waals surface area contributed by atoms with E-state index in [1.807, 2.05) is 42.5 Å². The molecule has 1 N–H and O–H groups in total. The summed E-state index contributed by atoms with van der Waals surface area (Å²) in [5.41, 5.74) is 1.33. The van der Waals surface area contributed by atoms with Crippen molar-refractivity contribution in [3.05, 3.63) is 61.1 Å². The molecule has 4 aromatic rings. The van der Waals surface area contributed by atoms with Gasteiger partial charge >= 0.3 is 0 Å². The van der Waals surface area contributed by atoms with Crippen molar-refractivity contribution in [2.75, 3.05) is 40.7 Å². The van der Waals surface area contributed by atoms with Crippen LogP contribution in [0.3, 0.4) is 0 Å². The number of nitrogens with zero attached hydrogens (tertiary/aromatic N) is 7. The summed E-state index contributed by atoms with van der Waals surface area (Å²) in [5.74, 6) is 1.64. The van der Waals surface area contributed by atoms with Gasteiger partial charge in [-0.3, -0.25) is 9.40 Å². The molecule has 0 amide bonds. The molecule has 1 saturated heterocycles. The number of hydrogen-bond donors (Lipinski definition) is 1. The van der Waals surface area contributed by atoms with E-state index in [4.69, 9.17) is 4.98 Å². The van der Waals surface area contributed by atoms with Crippen molar-refractivity contribution in [2.45, 2.75) is 4.90 Å². The number of pyridine rings is 1. The zero-order valence-corrected chi connectivity index (χ0v) is 18.3. The third-order valence-electron chi connectivity index (χ3n) is 5.33. The highest BCUT2D eigenvalue weighted by Gasteiger charge is 2.26. The number of hydrogen-bond acceptors (Lipinski definition) is 8. The van der Waals surface area contributed by atoms with Gasteiger partial charge in [0.2, 0.25) is 0 Å². The minimum absolute atomic E-state index is 0.0703. The first-order valence-corrected chi connectivity index (χ1v) is 11.7. The lowest BCUT2D eigenvalue weighted by Crippen LogP contribution is -2.47. The number of aryl methyl sites for hydroxylation is 1. The summed E-state index contributed by atoms with van der Waals surface area (Å²) in [6.45, 7) is 2.79. The molecule has 5 rings (SSSR count). The normalized spacial score (nSPS) is 14.7. The highest BCUT2D eigenvalue weighted by molar-refractivity contribution is 7.92. The average molecular weight is 451 g/mol. The minimum atomic E-state index is -3.86. The molecular weight excluding hydrogens is 428 g/mol. The van der Waals surface area contributed by atoms with Gasteiger partial charge in [-0.2, -0.15) is 5.10 Å². The maximum absolute atomic E-state index is 13.0. The van der Waals surface area contributed by atoms with Crippen molar-refractivity contribution in [1.29, 1.82) is 0 Å². The summed E-state index contributed by atoms with van der Waals surface area (Å²) in [5, 5.41) is 3.96. The number of benzene rings is 1. The Bertz CT molecular complexity index is 1350. The first kappa shape index (κ1) is 20.2. The lowest BCUT2D eigenvalue weighted by molar-refractivity contribution is 0.600. The number of nitrogens with one attached hydrogen (secondary N) is 1. The summed E-state index contributed by atoms with van der Waals surface area (Å²) < 4.78 is 30.0. The molecule has 1 fully saturated rings. The number of sulfonamides is 1. The Balaban J connectivity index is 1.47. The van der Waals surface area contributed by atoms with Crippen LogP contribution >= 0.6 is 0 Å². The molecule has 164 valence electrons. The second-order valence-electron chi connectivity index (χ2n) is 7.50. The van der Waals surface area contributed by atoms with Crippen molar-refractivity contribution >= 4 is 38.5 Å². The van der Waals surface area contributed by atoms with E-state index < -0.39 is 10.0 Å². The van der Waals surface area contributed by atoms with Crippen LogP contribution in [0.4, 0.5) is 17.5 Å². The molecule has 0 unspecified atom stereocenters. The topological polar surface area (TPSA) is 109 Å². The van der Waals surface area contributed by atoms with Gasteiger partial charge in [-0.05, 0) is 24.3 Å². The molecular formula is C21H22N8O2S. The minimum Gasteiger partial charge on any atom is -0.353 e. The van der Waals surface area contributed by atoms with E-state index in [0.717, 1.165) is 18.9 Å². The van der Waals surface area contributed by atoms with Gasteiger partial charge in [0, 0.05) is 45.6 Å². The Morgan fingerprint density at radius 1 is 0.906 bits per heavy atom. The molecule has 0 aliphatic carbocycles. The second-order valence-corrected chi connectivity index (χ2v) is 9.18. The molecule has 0 radical (unpaired) electrons. The van der Waals surface area contributed by atoms with Crippen LogP contribution in [-0.2, 0) is 17.1 Å². The van der Waals surface area contributed by atoms with Gasteiger partial charge in [0.25, 0.3) is 10.0 Å². The largest absolute Gasteiger partial charge is 0.353 e. The fourth-order valence-electron chi connectivity index (χ4n) is 3.69. The van der Waals surface area contributed by atoms with Crippen molar-refractivity contribution in [3.63, 3.8) is 0 Å². The highest BCUT2D eigenvalue weighted by Crippen LogP contribution is 2.28. The summed E-state index contributed by atoms with van der Waals surface area (Å²) >= 11 is 0. The lowest BCUT2D eigenvalue weighted by Gasteiger charge is -2.36. The number of piperazine rings is 1. The first-order valence-electron chi connectivity index (χ1n) is 10.2. The van der Waals surface area contributed by atoms with Gasteiger partial charge in [0.1, 0.15) is 10.7 Å². The standard InChI is InChI=1S/C21H22N8O2S/c1-27-15-16(14-23-27)32(30,31)26-20-21(25-18-7-3-2-6-17(18)24-20)29-12-10-28(11-13-29)19-8-4-5-9-22-19/h2-9,14-15H,10-13H2,1H3,(H,24,26). The number of anilines is 3. The van der Waals surface area contributed by atoms with E-state index in [1.54, 1.807) is 13.2 Å². The summed E-state index contributed by atoms with van der Waals surface area (Å²) in [6, 6.07) is 13.3.